The van der Waals surface area contributed by atoms with Gasteiger partial charge in [-0.25, -0.2) is 9.37 Å². The minimum Gasteiger partial charge on any atom is -0.444 e. The second-order valence-corrected chi connectivity index (χ2v) is 7.15. The Kier molecular flexibility index (Phi) is 6.41. The maximum Gasteiger partial charge on any atom is 0.471 e. The van der Waals surface area contributed by atoms with E-state index in [0.29, 0.717) is 5.56 Å². The molecule has 1 amide bonds. The summed E-state index contributed by atoms with van der Waals surface area (Å²) in [5, 5.41) is 16.2. The van der Waals surface area contributed by atoms with Gasteiger partial charge in [-0.15, -0.1) is 0 Å². The standard InChI is InChI=1S/C22H16F4N4O4/c23-15-6-4-12(5-7-15)20-28-16(11-33-20)17(31)8-9-27-19(32)14-3-1-2-13(10-14)18-29-21(34-30-18)22(24,25)26/h1-7,10-11,17,31H,8-9H2,(H,27,32). The van der Waals surface area contributed by atoms with E-state index in [4.69, 9.17) is 4.42 Å². The number of alkyl halides is 3. The van der Waals surface area contributed by atoms with E-state index in [2.05, 4.69) is 25.0 Å². The minimum atomic E-state index is -4.77. The van der Waals surface area contributed by atoms with Crippen LogP contribution < -0.4 is 5.32 Å². The van der Waals surface area contributed by atoms with Gasteiger partial charge in [0, 0.05) is 23.2 Å². The first-order valence-corrected chi connectivity index (χ1v) is 9.89. The first-order chi connectivity index (χ1) is 16.2. The van der Waals surface area contributed by atoms with Gasteiger partial charge in [-0.3, -0.25) is 4.79 Å². The predicted molar refractivity (Wildman–Crippen MR) is 109 cm³/mol. The van der Waals surface area contributed by atoms with E-state index in [-0.39, 0.29) is 41.5 Å². The van der Waals surface area contributed by atoms with Gasteiger partial charge < -0.3 is 19.4 Å². The Morgan fingerprint density at radius 3 is 2.56 bits per heavy atom. The molecular formula is C22H16F4N4O4. The Morgan fingerprint density at radius 2 is 1.85 bits per heavy atom. The number of carbonyl (C=O) groups is 1. The Bertz CT molecular complexity index is 1280. The van der Waals surface area contributed by atoms with Gasteiger partial charge in [0.2, 0.25) is 11.7 Å². The van der Waals surface area contributed by atoms with Crippen LogP contribution in [0.4, 0.5) is 17.6 Å². The third-order valence-electron chi connectivity index (χ3n) is 4.71. The van der Waals surface area contributed by atoms with Crippen LogP contribution in [0.15, 0.2) is 63.7 Å². The van der Waals surface area contributed by atoms with Crippen LogP contribution in [-0.4, -0.2) is 32.7 Å². The summed E-state index contributed by atoms with van der Waals surface area (Å²) in [6.07, 6.45) is -4.43. The average Bonchev–Trinajstić information content (AvgIpc) is 3.50. The Labute approximate surface area is 189 Å². The van der Waals surface area contributed by atoms with E-state index in [0.717, 1.165) is 0 Å². The molecule has 12 heteroatoms. The van der Waals surface area contributed by atoms with Crippen LogP contribution in [0.2, 0.25) is 0 Å². The molecule has 0 aliphatic rings. The lowest BCUT2D eigenvalue weighted by Gasteiger charge is -2.09. The van der Waals surface area contributed by atoms with Gasteiger partial charge in [0.15, 0.2) is 0 Å². The highest BCUT2D eigenvalue weighted by molar-refractivity contribution is 5.95. The van der Waals surface area contributed by atoms with Crippen molar-refractivity contribution in [3.8, 4) is 22.8 Å². The zero-order valence-electron chi connectivity index (χ0n) is 17.2. The number of nitrogens with one attached hydrogen (secondary N) is 1. The van der Waals surface area contributed by atoms with Crippen molar-refractivity contribution in [2.24, 2.45) is 0 Å². The molecule has 0 spiro atoms. The Hall–Kier alpha value is -4.06. The molecule has 0 fully saturated rings. The van der Waals surface area contributed by atoms with Crippen LogP contribution in [0.1, 0.15) is 34.5 Å². The third kappa shape index (κ3) is 5.29. The van der Waals surface area contributed by atoms with E-state index in [9.17, 15) is 27.5 Å². The molecule has 0 bridgehead atoms. The summed E-state index contributed by atoms with van der Waals surface area (Å²) in [6.45, 7) is 0.0728. The van der Waals surface area contributed by atoms with Crippen molar-refractivity contribution >= 4 is 5.91 Å². The summed E-state index contributed by atoms with van der Waals surface area (Å²) >= 11 is 0. The number of amides is 1. The first kappa shape index (κ1) is 23.1. The second kappa shape index (κ2) is 9.43. The molecule has 176 valence electrons. The maximum atomic E-state index is 13.0. The molecule has 4 aromatic rings. The van der Waals surface area contributed by atoms with E-state index >= 15 is 0 Å². The normalized spacial score (nSPS) is 12.5. The lowest BCUT2D eigenvalue weighted by molar-refractivity contribution is -0.159. The van der Waals surface area contributed by atoms with E-state index in [1.54, 1.807) is 0 Å². The molecular weight excluding hydrogens is 460 g/mol. The quantitative estimate of drug-likeness (QED) is 0.380. The highest BCUT2D eigenvalue weighted by atomic mass is 19.4. The average molecular weight is 476 g/mol. The number of hydrogen-bond acceptors (Lipinski definition) is 7. The molecule has 1 atom stereocenters. The molecule has 2 N–H and O–H groups in total. The van der Waals surface area contributed by atoms with E-state index < -0.39 is 29.9 Å². The lowest BCUT2D eigenvalue weighted by Crippen LogP contribution is -2.25. The number of aliphatic hydroxyl groups excluding tert-OH is 1. The second-order valence-electron chi connectivity index (χ2n) is 7.15. The number of aromatic nitrogens is 3. The molecule has 4 rings (SSSR count). The third-order valence-corrected chi connectivity index (χ3v) is 4.71. The van der Waals surface area contributed by atoms with Crippen LogP contribution in [0, 0.1) is 5.82 Å². The number of aliphatic hydroxyl groups is 1. The van der Waals surface area contributed by atoms with Crippen molar-refractivity contribution in [1.82, 2.24) is 20.4 Å². The van der Waals surface area contributed by atoms with Gasteiger partial charge in [0.05, 0.1) is 0 Å². The summed E-state index contributed by atoms with van der Waals surface area (Å²) in [6, 6.07) is 11.2. The number of oxazole rings is 1. The van der Waals surface area contributed by atoms with Gasteiger partial charge in [-0.05, 0) is 42.8 Å². The molecule has 0 aliphatic heterocycles. The minimum absolute atomic E-state index is 0.0728. The molecule has 0 aliphatic carbocycles. The highest BCUT2D eigenvalue weighted by Gasteiger charge is 2.38. The number of rotatable bonds is 7. The monoisotopic (exact) mass is 476 g/mol. The first-order valence-electron chi connectivity index (χ1n) is 9.89. The lowest BCUT2D eigenvalue weighted by atomic mass is 10.1. The van der Waals surface area contributed by atoms with Crippen LogP contribution in [0.25, 0.3) is 22.8 Å². The summed E-state index contributed by atoms with van der Waals surface area (Å²) in [5.41, 5.74) is 1.11. The fourth-order valence-corrected chi connectivity index (χ4v) is 2.99. The molecule has 0 saturated carbocycles. The predicted octanol–water partition coefficient (Wildman–Crippen LogP) is 4.40. The molecule has 2 aromatic heterocycles. The van der Waals surface area contributed by atoms with E-state index in [1.807, 2.05) is 0 Å². The number of halogens is 4. The molecule has 2 aromatic carbocycles. The van der Waals surface area contributed by atoms with Gasteiger partial charge in [0.25, 0.3) is 5.91 Å². The highest BCUT2D eigenvalue weighted by Crippen LogP contribution is 2.29. The van der Waals surface area contributed by atoms with Crippen LogP contribution in [0.3, 0.4) is 0 Å². The van der Waals surface area contributed by atoms with Gasteiger partial charge >= 0.3 is 12.1 Å². The van der Waals surface area contributed by atoms with Crippen molar-refractivity contribution in [3.63, 3.8) is 0 Å². The number of carbonyl (C=O) groups excluding carboxylic acids is 1. The summed E-state index contributed by atoms with van der Waals surface area (Å²) in [4.78, 5) is 19.9. The van der Waals surface area contributed by atoms with E-state index in [1.165, 1.54) is 54.8 Å². The fraction of sp³-hybridized carbons (Fsp3) is 0.182. The van der Waals surface area contributed by atoms with Crippen molar-refractivity contribution < 1.29 is 36.4 Å². The SMILES string of the molecule is O=C(NCCC(O)c1coc(-c2ccc(F)cc2)n1)c1cccc(-c2noc(C(F)(F)F)n2)c1. The molecule has 1 unspecified atom stereocenters. The summed E-state index contributed by atoms with van der Waals surface area (Å²) in [7, 11) is 0. The zero-order chi connectivity index (χ0) is 24.3. The molecule has 0 radical (unpaired) electrons. The van der Waals surface area contributed by atoms with Gasteiger partial charge in [-0.1, -0.05) is 17.3 Å². The smallest absolute Gasteiger partial charge is 0.444 e. The van der Waals surface area contributed by atoms with Crippen molar-refractivity contribution in [2.45, 2.75) is 18.7 Å². The summed E-state index contributed by atoms with van der Waals surface area (Å²) < 4.78 is 60.5. The molecule has 2 heterocycles. The van der Waals surface area contributed by atoms with Crippen LogP contribution >= 0.6 is 0 Å². The van der Waals surface area contributed by atoms with Gasteiger partial charge in [-0.2, -0.15) is 18.2 Å². The zero-order valence-corrected chi connectivity index (χ0v) is 17.2. The largest absolute Gasteiger partial charge is 0.471 e. The number of hydrogen-bond donors (Lipinski definition) is 2. The maximum absolute atomic E-state index is 13.0. The number of nitrogens with zero attached hydrogens (tertiary/aromatic N) is 3. The fourth-order valence-electron chi connectivity index (χ4n) is 2.99. The van der Waals surface area contributed by atoms with Crippen LogP contribution in [-0.2, 0) is 6.18 Å². The Balaban J connectivity index is 1.34. The van der Waals surface area contributed by atoms with Gasteiger partial charge in [0.1, 0.15) is 23.9 Å². The van der Waals surface area contributed by atoms with Crippen molar-refractivity contribution in [1.29, 1.82) is 0 Å². The van der Waals surface area contributed by atoms with Crippen molar-refractivity contribution in [2.75, 3.05) is 6.54 Å². The molecule has 34 heavy (non-hydrogen) atoms. The van der Waals surface area contributed by atoms with Crippen molar-refractivity contribution in [3.05, 3.63) is 77.8 Å². The molecule has 8 nitrogen and oxygen atoms in total. The Morgan fingerprint density at radius 1 is 1.09 bits per heavy atom. The number of benzene rings is 2. The topological polar surface area (TPSA) is 114 Å². The van der Waals surface area contributed by atoms with Crippen LogP contribution in [0.5, 0.6) is 0 Å². The summed E-state index contributed by atoms with van der Waals surface area (Å²) in [5.74, 6) is -2.49. The molecule has 0 saturated heterocycles.